The minimum atomic E-state index is 0.468. The highest BCUT2D eigenvalue weighted by atomic mass is 79.9. The van der Waals surface area contributed by atoms with E-state index in [1.54, 1.807) is 7.11 Å². The summed E-state index contributed by atoms with van der Waals surface area (Å²) < 4.78 is 5.10. The van der Waals surface area contributed by atoms with Crippen molar-refractivity contribution in [2.75, 3.05) is 7.11 Å². The quantitative estimate of drug-likeness (QED) is 0.767. The van der Waals surface area contributed by atoms with Gasteiger partial charge in [-0.05, 0) is 24.1 Å². The largest absolute Gasteiger partial charge is 0.497 e. The summed E-state index contributed by atoms with van der Waals surface area (Å²) in [7, 11) is 1.68. The smallest absolute Gasteiger partial charge is 0.118 e. The highest BCUT2D eigenvalue weighted by Crippen LogP contribution is 2.20. The number of hydrogen-bond donors (Lipinski definition) is 0. The number of hydrogen-bond acceptors (Lipinski definition) is 1. The third kappa shape index (κ3) is 3.62. The molecule has 0 aliphatic heterocycles. The van der Waals surface area contributed by atoms with E-state index in [0.717, 1.165) is 12.2 Å². The molecule has 0 aliphatic rings. The fourth-order valence-electron chi connectivity index (χ4n) is 1.15. The van der Waals surface area contributed by atoms with Crippen LogP contribution in [0.4, 0.5) is 0 Å². The molecule has 2 unspecified atom stereocenters. The average Bonchev–Trinajstić information content (AvgIpc) is 2.19. The monoisotopic (exact) mass is 320 g/mol. The average molecular weight is 322 g/mol. The van der Waals surface area contributed by atoms with E-state index in [9.17, 15) is 0 Å². The maximum absolute atomic E-state index is 5.10. The summed E-state index contributed by atoms with van der Waals surface area (Å²) >= 11 is 7.19. The highest BCUT2D eigenvalue weighted by molar-refractivity contribution is 9.12. The molecule has 0 heterocycles. The van der Waals surface area contributed by atoms with E-state index in [1.807, 2.05) is 12.1 Å². The Kier molecular flexibility index (Phi) is 4.96. The molecule has 1 nitrogen and oxygen atoms in total. The minimum Gasteiger partial charge on any atom is -0.497 e. The summed E-state index contributed by atoms with van der Waals surface area (Å²) in [6, 6.07) is 8.19. The van der Waals surface area contributed by atoms with Gasteiger partial charge in [0.05, 0.1) is 7.11 Å². The molecule has 0 saturated carbocycles. The van der Waals surface area contributed by atoms with Gasteiger partial charge < -0.3 is 4.74 Å². The number of alkyl halides is 2. The lowest BCUT2D eigenvalue weighted by Gasteiger charge is -2.12. The van der Waals surface area contributed by atoms with Crippen LogP contribution in [0.15, 0.2) is 24.3 Å². The Hall–Kier alpha value is -0.0200. The van der Waals surface area contributed by atoms with Crippen molar-refractivity contribution in [2.24, 2.45) is 0 Å². The Labute approximate surface area is 102 Å². The van der Waals surface area contributed by atoms with Gasteiger partial charge in [-0.15, -0.1) is 0 Å². The van der Waals surface area contributed by atoms with Gasteiger partial charge in [0.2, 0.25) is 0 Å². The van der Waals surface area contributed by atoms with Gasteiger partial charge in [-0.25, -0.2) is 0 Å². The maximum Gasteiger partial charge on any atom is 0.118 e. The van der Waals surface area contributed by atoms with E-state index in [0.29, 0.717) is 9.65 Å². The number of rotatable bonds is 4. The molecule has 0 fully saturated rings. The van der Waals surface area contributed by atoms with E-state index < -0.39 is 0 Å². The Morgan fingerprint density at radius 1 is 1.21 bits per heavy atom. The molecule has 1 aromatic carbocycles. The van der Waals surface area contributed by atoms with Gasteiger partial charge in [0.15, 0.2) is 0 Å². The lowest BCUT2D eigenvalue weighted by atomic mass is 10.1. The highest BCUT2D eigenvalue weighted by Gasteiger charge is 2.10. The zero-order valence-corrected chi connectivity index (χ0v) is 11.5. The van der Waals surface area contributed by atoms with Gasteiger partial charge in [0.1, 0.15) is 5.75 Å². The molecule has 0 bridgehead atoms. The second-order valence-corrected chi connectivity index (χ2v) is 5.87. The number of methoxy groups -OCH3 is 1. The molecule has 0 radical (unpaired) electrons. The molecule has 0 amide bonds. The SMILES string of the molecule is COc1ccc(CC(Br)C(C)Br)cc1. The number of halogens is 2. The van der Waals surface area contributed by atoms with E-state index in [2.05, 4.69) is 50.9 Å². The molecular formula is C11H14Br2O. The Bertz CT molecular complexity index is 269. The van der Waals surface area contributed by atoms with E-state index in [4.69, 9.17) is 4.74 Å². The lowest BCUT2D eigenvalue weighted by Crippen LogP contribution is -2.12. The van der Waals surface area contributed by atoms with E-state index in [1.165, 1.54) is 5.56 Å². The predicted octanol–water partition coefficient (Wildman–Crippen LogP) is 3.78. The molecule has 3 heteroatoms. The third-order valence-corrected chi connectivity index (χ3v) is 4.55. The summed E-state index contributed by atoms with van der Waals surface area (Å²) in [5.41, 5.74) is 1.32. The van der Waals surface area contributed by atoms with Crippen LogP contribution in [0.1, 0.15) is 12.5 Å². The van der Waals surface area contributed by atoms with Crippen LogP contribution >= 0.6 is 31.9 Å². The van der Waals surface area contributed by atoms with Crippen molar-refractivity contribution in [1.29, 1.82) is 0 Å². The fraction of sp³-hybridized carbons (Fsp3) is 0.455. The predicted molar refractivity (Wildman–Crippen MR) is 67.8 cm³/mol. The standard InChI is InChI=1S/C11H14Br2O/c1-8(12)11(13)7-9-3-5-10(14-2)6-4-9/h3-6,8,11H,7H2,1-2H3. The van der Waals surface area contributed by atoms with Crippen LogP contribution in [0.2, 0.25) is 0 Å². The van der Waals surface area contributed by atoms with Crippen LogP contribution in [0.5, 0.6) is 5.75 Å². The minimum absolute atomic E-state index is 0.468. The van der Waals surface area contributed by atoms with Gasteiger partial charge >= 0.3 is 0 Å². The van der Waals surface area contributed by atoms with Gasteiger partial charge in [0.25, 0.3) is 0 Å². The van der Waals surface area contributed by atoms with Crippen molar-refractivity contribution < 1.29 is 4.74 Å². The summed E-state index contributed by atoms with van der Waals surface area (Å²) in [5.74, 6) is 0.909. The van der Waals surface area contributed by atoms with Gasteiger partial charge in [-0.2, -0.15) is 0 Å². The fourth-order valence-corrected chi connectivity index (χ4v) is 1.71. The zero-order valence-electron chi connectivity index (χ0n) is 8.34. The van der Waals surface area contributed by atoms with Gasteiger partial charge in [-0.1, -0.05) is 50.9 Å². The second kappa shape index (κ2) is 5.76. The van der Waals surface area contributed by atoms with Gasteiger partial charge in [0, 0.05) is 9.65 Å². The first-order valence-electron chi connectivity index (χ1n) is 4.54. The van der Waals surface area contributed by atoms with Crippen molar-refractivity contribution in [3.63, 3.8) is 0 Å². The van der Waals surface area contributed by atoms with Gasteiger partial charge in [-0.3, -0.25) is 0 Å². The molecule has 78 valence electrons. The molecular weight excluding hydrogens is 308 g/mol. The maximum atomic E-state index is 5.10. The summed E-state index contributed by atoms with van der Waals surface area (Å²) in [5, 5.41) is 0. The number of benzene rings is 1. The number of ether oxygens (including phenoxy) is 1. The molecule has 0 aliphatic carbocycles. The second-order valence-electron chi connectivity index (χ2n) is 3.25. The van der Waals surface area contributed by atoms with Crippen LogP contribution in [0.3, 0.4) is 0 Å². The normalized spacial score (nSPS) is 14.9. The van der Waals surface area contributed by atoms with Crippen LogP contribution in [0, 0.1) is 0 Å². The lowest BCUT2D eigenvalue weighted by molar-refractivity contribution is 0.414. The Morgan fingerprint density at radius 2 is 1.79 bits per heavy atom. The molecule has 1 rings (SSSR count). The van der Waals surface area contributed by atoms with Crippen LogP contribution in [-0.2, 0) is 6.42 Å². The van der Waals surface area contributed by atoms with E-state index in [-0.39, 0.29) is 0 Å². The third-order valence-electron chi connectivity index (χ3n) is 2.09. The van der Waals surface area contributed by atoms with Crippen molar-refractivity contribution in [3.8, 4) is 5.75 Å². The molecule has 0 N–H and O–H groups in total. The first-order chi connectivity index (χ1) is 6.63. The van der Waals surface area contributed by atoms with E-state index >= 15 is 0 Å². The Morgan fingerprint density at radius 3 is 2.21 bits per heavy atom. The van der Waals surface area contributed by atoms with Crippen molar-refractivity contribution >= 4 is 31.9 Å². The summed E-state index contributed by atoms with van der Waals surface area (Å²) in [6.45, 7) is 2.14. The van der Waals surface area contributed by atoms with Crippen LogP contribution in [0.25, 0.3) is 0 Å². The summed E-state index contributed by atoms with van der Waals surface area (Å²) in [6.07, 6.45) is 1.02. The first-order valence-corrected chi connectivity index (χ1v) is 6.37. The Balaban J connectivity index is 2.59. The topological polar surface area (TPSA) is 9.23 Å². The first kappa shape index (κ1) is 12.1. The molecule has 1 aromatic rings. The molecule has 0 saturated heterocycles. The van der Waals surface area contributed by atoms with Crippen LogP contribution < -0.4 is 4.74 Å². The van der Waals surface area contributed by atoms with Crippen LogP contribution in [-0.4, -0.2) is 16.8 Å². The molecule has 0 spiro atoms. The molecule has 2 atom stereocenters. The zero-order chi connectivity index (χ0) is 10.6. The van der Waals surface area contributed by atoms with Crippen molar-refractivity contribution in [2.45, 2.75) is 23.0 Å². The van der Waals surface area contributed by atoms with Crippen molar-refractivity contribution in [3.05, 3.63) is 29.8 Å². The molecule has 14 heavy (non-hydrogen) atoms. The van der Waals surface area contributed by atoms with Crippen molar-refractivity contribution in [1.82, 2.24) is 0 Å². The molecule has 0 aromatic heterocycles. The summed E-state index contributed by atoms with van der Waals surface area (Å²) in [4.78, 5) is 0.945.